The summed E-state index contributed by atoms with van der Waals surface area (Å²) in [6.07, 6.45) is 4.58. The summed E-state index contributed by atoms with van der Waals surface area (Å²) in [7, 11) is -2.39. The van der Waals surface area contributed by atoms with E-state index in [4.69, 9.17) is 11.6 Å². The predicted octanol–water partition coefficient (Wildman–Crippen LogP) is 4.31. The minimum Gasteiger partial charge on any atom is -0.324 e. The number of aromatic nitrogens is 5. The highest BCUT2D eigenvalue weighted by Gasteiger charge is 2.20. The Labute approximate surface area is 190 Å². The highest BCUT2D eigenvalue weighted by Crippen LogP contribution is 2.22. The maximum Gasteiger partial charge on any atom is 0.278 e. The van der Waals surface area contributed by atoms with E-state index in [1.165, 1.54) is 6.20 Å². The first kappa shape index (κ1) is 22.0. The Morgan fingerprint density at radius 1 is 1.09 bits per heavy atom. The Bertz CT molecular complexity index is 1470. The van der Waals surface area contributed by atoms with E-state index in [0.29, 0.717) is 33.6 Å². The number of halogens is 1. The standard InChI is InChI=1S/C21H22ClN7O2S/c1-13(2)28-20(30)16-12-23-21(24-15-10-8-14(22)9-11-15)26-19(16)29(28)18-7-5-6-17(25-18)27-32(3,4)31/h5-13H,1-4H3,(H,23,24,26). The maximum absolute atomic E-state index is 13.1. The fourth-order valence-electron chi connectivity index (χ4n) is 3.21. The van der Waals surface area contributed by atoms with Crippen LogP contribution in [-0.4, -0.2) is 41.0 Å². The average Bonchev–Trinajstić information content (AvgIpc) is 3.01. The molecule has 32 heavy (non-hydrogen) atoms. The first-order valence-electron chi connectivity index (χ1n) is 9.80. The van der Waals surface area contributed by atoms with Gasteiger partial charge in [0.05, 0.1) is 0 Å². The molecule has 0 saturated heterocycles. The second kappa shape index (κ2) is 8.36. The van der Waals surface area contributed by atoms with Crippen LogP contribution in [0.1, 0.15) is 19.9 Å². The molecule has 1 aromatic carbocycles. The van der Waals surface area contributed by atoms with Gasteiger partial charge < -0.3 is 5.32 Å². The second-order valence-electron chi connectivity index (χ2n) is 7.74. The SMILES string of the molecule is CC(C)n1c(=O)c2cnc(Nc3ccc(Cl)cc3)nc2n1-c1cccc(N=S(C)(C)=O)n1. The second-order valence-corrected chi connectivity index (χ2v) is 10.7. The van der Waals surface area contributed by atoms with Gasteiger partial charge in [0.2, 0.25) is 5.95 Å². The Morgan fingerprint density at radius 2 is 1.81 bits per heavy atom. The molecule has 9 nitrogen and oxygen atoms in total. The molecule has 0 radical (unpaired) electrons. The third kappa shape index (κ3) is 4.51. The van der Waals surface area contributed by atoms with Crippen LogP contribution in [0.3, 0.4) is 0 Å². The minimum atomic E-state index is -2.39. The van der Waals surface area contributed by atoms with Crippen LogP contribution in [0, 0.1) is 0 Å². The number of fused-ring (bicyclic) bond motifs is 1. The van der Waals surface area contributed by atoms with Crippen molar-refractivity contribution < 1.29 is 4.21 Å². The van der Waals surface area contributed by atoms with Crippen molar-refractivity contribution in [3.05, 3.63) is 64.0 Å². The Kier molecular flexibility index (Phi) is 5.74. The van der Waals surface area contributed by atoms with E-state index in [9.17, 15) is 9.00 Å². The molecule has 0 aliphatic rings. The zero-order chi connectivity index (χ0) is 23.0. The summed E-state index contributed by atoms with van der Waals surface area (Å²) in [5.74, 6) is 1.07. The smallest absolute Gasteiger partial charge is 0.278 e. The van der Waals surface area contributed by atoms with Crippen molar-refractivity contribution in [2.45, 2.75) is 19.9 Å². The van der Waals surface area contributed by atoms with E-state index in [0.717, 1.165) is 5.69 Å². The lowest BCUT2D eigenvalue weighted by Crippen LogP contribution is -2.24. The molecule has 0 bridgehead atoms. The molecule has 11 heteroatoms. The van der Waals surface area contributed by atoms with Gasteiger partial charge in [-0.15, -0.1) is 0 Å². The van der Waals surface area contributed by atoms with Crippen LogP contribution in [0.4, 0.5) is 17.5 Å². The van der Waals surface area contributed by atoms with E-state index < -0.39 is 9.73 Å². The van der Waals surface area contributed by atoms with Gasteiger partial charge in [-0.1, -0.05) is 17.7 Å². The lowest BCUT2D eigenvalue weighted by atomic mass is 10.3. The van der Waals surface area contributed by atoms with Crippen molar-refractivity contribution >= 4 is 49.8 Å². The Morgan fingerprint density at radius 3 is 2.47 bits per heavy atom. The molecule has 0 atom stereocenters. The average molecular weight is 472 g/mol. The number of pyridine rings is 1. The molecule has 0 amide bonds. The van der Waals surface area contributed by atoms with Crippen LogP contribution in [0.25, 0.3) is 16.9 Å². The summed E-state index contributed by atoms with van der Waals surface area (Å²) in [4.78, 5) is 26.5. The van der Waals surface area contributed by atoms with E-state index in [2.05, 4.69) is 24.6 Å². The predicted molar refractivity (Wildman–Crippen MR) is 128 cm³/mol. The molecule has 0 fully saturated rings. The van der Waals surface area contributed by atoms with Gasteiger partial charge in [-0.25, -0.2) is 23.5 Å². The minimum absolute atomic E-state index is 0.173. The van der Waals surface area contributed by atoms with Crippen molar-refractivity contribution in [1.29, 1.82) is 0 Å². The number of hydrogen-bond acceptors (Lipinski definition) is 7. The highest BCUT2D eigenvalue weighted by molar-refractivity contribution is 7.92. The van der Waals surface area contributed by atoms with Gasteiger partial charge in [-0.2, -0.15) is 9.35 Å². The molecule has 4 aromatic rings. The van der Waals surface area contributed by atoms with E-state index in [1.54, 1.807) is 52.2 Å². The van der Waals surface area contributed by atoms with Crippen molar-refractivity contribution in [3.8, 4) is 5.82 Å². The van der Waals surface area contributed by atoms with E-state index in [1.807, 2.05) is 26.0 Å². The van der Waals surface area contributed by atoms with Crippen LogP contribution in [0.2, 0.25) is 5.02 Å². The van der Waals surface area contributed by atoms with Gasteiger partial charge in [0.15, 0.2) is 17.3 Å². The molecular formula is C21H22ClN7O2S. The zero-order valence-corrected chi connectivity index (χ0v) is 19.6. The number of hydrogen-bond donors (Lipinski definition) is 1. The molecule has 166 valence electrons. The van der Waals surface area contributed by atoms with Crippen LogP contribution in [0.5, 0.6) is 0 Å². The summed E-state index contributed by atoms with van der Waals surface area (Å²) in [5.41, 5.74) is 0.922. The topological polar surface area (TPSA) is 107 Å². The number of nitrogens with one attached hydrogen (secondary N) is 1. The van der Waals surface area contributed by atoms with Crippen molar-refractivity contribution in [2.75, 3.05) is 17.8 Å². The van der Waals surface area contributed by atoms with Crippen LogP contribution < -0.4 is 10.9 Å². The fraction of sp³-hybridized carbons (Fsp3) is 0.238. The number of nitrogens with zero attached hydrogens (tertiary/aromatic N) is 6. The number of rotatable bonds is 5. The van der Waals surface area contributed by atoms with Crippen molar-refractivity contribution in [1.82, 2.24) is 24.3 Å². The van der Waals surface area contributed by atoms with Crippen LogP contribution >= 0.6 is 11.6 Å². The first-order chi connectivity index (χ1) is 15.1. The monoisotopic (exact) mass is 471 g/mol. The van der Waals surface area contributed by atoms with Gasteiger partial charge in [-0.3, -0.25) is 4.79 Å². The summed E-state index contributed by atoms with van der Waals surface area (Å²) >= 11 is 5.95. The van der Waals surface area contributed by atoms with Crippen LogP contribution in [0.15, 0.2) is 57.8 Å². The van der Waals surface area contributed by atoms with Crippen molar-refractivity contribution in [2.24, 2.45) is 4.36 Å². The third-order valence-corrected chi connectivity index (χ3v) is 5.34. The molecule has 0 aliphatic heterocycles. The summed E-state index contributed by atoms with van der Waals surface area (Å²) in [5, 5.41) is 4.10. The molecule has 0 aliphatic carbocycles. The quantitative estimate of drug-likeness (QED) is 0.464. The molecule has 3 heterocycles. The number of benzene rings is 1. The molecule has 0 unspecified atom stereocenters. The van der Waals surface area contributed by atoms with Gasteiger partial charge in [0.25, 0.3) is 5.56 Å². The Hall–Kier alpha value is -3.24. The lowest BCUT2D eigenvalue weighted by molar-refractivity contribution is 0.472. The third-order valence-electron chi connectivity index (χ3n) is 4.46. The lowest BCUT2D eigenvalue weighted by Gasteiger charge is -2.14. The van der Waals surface area contributed by atoms with Gasteiger partial charge in [-0.05, 0) is 50.2 Å². The molecule has 3 aromatic heterocycles. The number of anilines is 2. The highest BCUT2D eigenvalue weighted by atomic mass is 35.5. The van der Waals surface area contributed by atoms with Gasteiger partial charge in [0, 0.05) is 45.2 Å². The van der Waals surface area contributed by atoms with Crippen LogP contribution in [-0.2, 0) is 9.73 Å². The summed E-state index contributed by atoms with van der Waals surface area (Å²) < 4.78 is 19.5. The van der Waals surface area contributed by atoms with Gasteiger partial charge in [0.1, 0.15) is 5.39 Å². The molecule has 0 saturated carbocycles. The fourth-order valence-corrected chi connectivity index (χ4v) is 3.89. The van der Waals surface area contributed by atoms with E-state index >= 15 is 0 Å². The molecular weight excluding hydrogens is 450 g/mol. The first-order valence-corrected chi connectivity index (χ1v) is 12.5. The molecule has 0 spiro atoms. The summed E-state index contributed by atoms with van der Waals surface area (Å²) in [6.45, 7) is 3.80. The largest absolute Gasteiger partial charge is 0.324 e. The maximum atomic E-state index is 13.1. The Balaban J connectivity index is 1.91. The normalized spacial score (nSPS) is 11.8. The van der Waals surface area contributed by atoms with Gasteiger partial charge >= 0.3 is 0 Å². The summed E-state index contributed by atoms with van der Waals surface area (Å²) in [6, 6.07) is 12.1. The van der Waals surface area contributed by atoms with E-state index in [-0.39, 0.29) is 11.6 Å². The zero-order valence-electron chi connectivity index (χ0n) is 18.0. The molecule has 4 rings (SSSR count). The molecule has 1 N–H and O–H groups in total. The van der Waals surface area contributed by atoms with Crippen molar-refractivity contribution in [3.63, 3.8) is 0 Å².